The largest absolute Gasteiger partial charge is 0.496 e. The Hall–Kier alpha value is -1.68. The summed E-state index contributed by atoms with van der Waals surface area (Å²) >= 11 is 1.45. The first kappa shape index (κ1) is 13.7. The van der Waals surface area contributed by atoms with Gasteiger partial charge in [0, 0.05) is 5.56 Å². The molecule has 0 spiro atoms. The lowest BCUT2D eigenvalue weighted by atomic mass is 10.00. The Kier molecular flexibility index (Phi) is 3.71. The molecule has 3 nitrogen and oxygen atoms in total. The van der Waals surface area contributed by atoms with Gasteiger partial charge in [0.05, 0.1) is 22.7 Å². The minimum atomic E-state index is 0.0475. The van der Waals surface area contributed by atoms with Crippen LogP contribution in [0.3, 0.4) is 0 Å². The molecule has 0 aliphatic rings. The first-order valence-corrected chi connectivity index (χ1v) is 6.89. The van der Waals surface area contributed by atoms with Crippen molar-refractivity contribution in [1.82, 2.24) is 4.98 Å². The second kappa shape index (κ2) is 5.13. The molecule has 0 saturated carbocycles. The molecule has 100 valence electrons. The summed E-state index contributed by atoms with van der Waals surface area (Å²) in [6, 6.07) is 3.80. The Morgan fingerprint density at radius 2 is 1.84 bits per heavy atom. The maximum Gasteiger partial charge on any atom is 0.205 e. The lowest BCUT2D eigenvalue weighted by Crippen LogP contribution is -2.05. The van der Waals surface area contributed by atoms with Crippen molar-refractivity contribution in [1.29, 1.82) is 0 Å². The van der Waals surface area contributed by atoms with Crippen LogP contribution in [0.15, 0.2) is 12.1 Å². The van der Waals surface area contributed by atoms with Crippen molar-refractivity contribution in [2.24, 2.45) is 0 Å². The lowest BCUT2D eigenvalue weighted by molar-refractivity contribution is 0.104. The van der Waals surface area contributed by atoms with E-state index in [1.807, 2.05) is 39.8 Å². The molecule has 0 atom stereocenters. The molecule has 0 N–H and O–H groups in total. The number of ketones is 1. The average molecular weight is 275 g/mol. The predicted octanol–water partition coefficient (Wildman–Crippen LogP) is 3.62. The highest BCUT2D eigenvalue weighted by Gasteiger charge is 2.18. The number of aryl methyl sites for hydroxylation is 4. The van der Waals surface area contributed by atoms with Crippen molar-refractivity contribution in [2.45, 2.75) is 27.7 Å². The molecule has 0 aliphatic carbocycles. The quantitative estimate of drug-likeness (QED) is 0.803. The molecule has 0 amide bonds. The highest BCUT2D eigenvalue weighted by molar-refractivity contribution is 7.14. The van der Waals surface area contributed by atoms with E-state index < -0.39 is 0 Å². The van der Waals surface area contributed by atoms with Crippen LogP contribution in [0.4, 0.5) is 0 Å². The van der Waals surface area contributed by atoms with E-state index in [4.69, 9.17) is 4.74 Å². The first-order valence-electron chi connectivity index (χ1n) is 6.08. The monoisotopic (exact) mass is 275 g/mol. The smallest absolute Gasteiger partial charge is 0.205 e. The highest BCUT2D eigenvalue weighted by atomic mass is 32.1. The number of carbonyl (C=O) groups is 1. The molecule has 2 rings (SSSR count). The third-order valence-electron chi connectivity index (χ3n) is 3.10. The second-order valence-corrected chi connectivity index (χ2v) is 5.82. The van der Waals surface area contributed by atoms with Crippen LogP contribution in [-0.4, -0.2) is 17.9 Å². The molecule has 19 heavy (non-hydrogen) atoms. The maximum absolute atomic E-state index is 12.6. The van der Waals surface area contributed by atoms with E-state index in [1.54, 1.807) is 7.11 Å². The van der Waals surface area contributed by atoms with Gasteiger partial charge in [-0.1, -0.05) is 0 Å². The molecule has 0 saturated heterocycles. The third-order valence-corrected chi connectivity index (χ3v) is 4.17. The maximum atomic E-state index is 12.6. The number of nitrogens with zero attached hydrogens (tertiary/aromatic N) is 1. The Labute approximate surface area is 117 Å². The standard InChI is InChI=1S/C15H17NO2S/c1-8-7-13(18-5)9(2)6-12(8)14(17)15-10(3)16-11(4)19-15/h6-7H,1-5H3. The van der Waals surface area contributed by atoms with E-state index in [0.717, 1.165) is 38.0 Å². The first-order chi connectivity index (χ1) is 8.93. The zero-order valence-electron chi connectivity index (χ0n) is 11.8. The Morgan fingerprint density at radius 3 is 2.37 bits per heavy atom. The van der Waals surface area contributed by atoms with Gasteiger partial charge in [0.25, 0.3) is 0 Å². The van der Waals surface area contributed by atoms with Crippen molar-refractivity contribution in [3.63, 3.8) is 0 Å². The van der Waals surface area contributed by atoms with Gasteiger partial charge in [-0.3, -0.25) is 4.79 Å². The number of hydrogen-bond acceptors (Lipinski definition) is 4. The van der Waals surface area contributed by atoms with Gasteiger partial charge < -0.3 is 4.74 Å². The molecule has 0 radical (unpaired) electrons. The fourth-order valence-corrected chi connectivity index (χ4v) is 2.99. The molecule has 0 fully saturated rings. The van der Waals surface area contributed by atoms with Crippen LogP contribution < -0.4 is 4.74 Å². The lowest BCUT2D eigenvalue weighted by Gasteiger charge is -2.10. The van der Waals surface area contributed by atoms with Crippen LogP contribution in [-0.2, 0) is 0 Å². The molecule has 0 bridgehead atoms. The number of carbonyl (C=O) groups excluding carboxylic acids is 1. The molecule has 4 heteroatoms. The summed E-state index contributed by atoms with van der Waals surface area (Å²) in [4.78, 5) is 17.6. The fraction of sp³-hybridized carbons (Fsp3) is 0.333. The molecule has 0 aliphatic heterocycles. The molecule has 0 unspecified atom stereocenters. The Bertz CT molecular complexity index is 644. The van der Waals surface area contributed by atoms with E-state index in [2.05, 4.69) is 4.98 Å². The normalized spacial score (nSPS) is 10.6. The minimum absolute atomic E-state index is 0.0475. The SMILES string of the molecule is COc1cc(C)c(C(=O)c2sc(C)nc2C)cc1C. The summed E-state index contributed by atoms with van der Waals surface area (Å²) in [6.07, 6.45) is 0. The molecule has 2 aromatic rings. The van der Waals surface area contributed by atoms with Gasteiger partial charge in [-0.2, -0.15) is 0 Å². The van der Waals surface area contributed by atoms with Crippen molar-refractivity contribution in [3.05, 3.63) is 44.4 Å². The van der Waals surface area contributed by atoms with Gasteiger partial charge in [0.2, 0.25) is 5.78 Å². The Balaban J connectivity index is 2.50. The van der Waals surface area contributed by atoms with E-state index >= 15 is 0 Å². The van der Waals surface area contributed by atoms with E-state index in [0.29, 0.717) is 0 Å². The van der Waals surface area contributed by atoms with Gasteiger partial charge in [-0.05, 0) is 51.0 Å². The zero-order valence-corrected chi connectivity index (χ0v) is 12.6. The molecule has 1 heterocycles. The van der Waals surface area contributed by atoms with Crippen LogP contribution in [0, 0.1) is 27.7 Å². The van der Waals surface area contributed by atoms with Gasteiger partial charge in [-0.25, -0.2) is 4.98 Å². The number of ether oxygens (including phenoxy) is 1. The number of rotatable bonds is 3. The summed E-state index contributed by atoms with van der Waals surface area (Å²) in [5.74, 6) is 0.859. The summed E-state index contributed by atoms with van der Waals surface area (Å²) in [7, 11) is 1.64. The van der Waals surface area contributed by atoms with E-state index in [1.165, 1.54) is 11.3 Å². The van der Waals surface area contributed by atoms with Crippen molar-refractivity contribution < 1.29 is 9.53 Å². The van der Waals surface area contributed by atoms with E-state index in [-0.39, 0.29) is 5.78 Å². The summed E-state index contributed by atoms with van der Waals surface area (Å²) in [6.45, 7) is 7.67. The fourth-order valence-electron chi connectivity index (χ4n) is 2.12. The molecular weight excluding hydrogens is 258 g/mol. The van der Waals surface area contributed by atoms with Crippen molar-refractivity contribution >= 4 is 17.1 Å². The number of thiazole rings is 1. The number of benzene rings is 1. The molecular formula is C15H17NO2S. The third kappa shape index (κ3) is 2.54. The van der Waals surface area contributed by atoms with Gasteiger partial charge >= 0.3 is 0 Å². The van der Waals surface area contributed by atoms with Crippen LogP contribution in [0.5, 0.6) is 5.75 Å². The predicted molar refractivity (Wildman–Crippen MR) is 77.5 cm³/mol. The van der Waals surface area contributed by atoms with Crippen LogP contribution >= 0.6 is 11.3 Å². The number of methoxy groups -OCH3 is 1. The Morgan fingerprint density at radius 1 is 1.16 bits per heavy atom. The summed E-state index contributed by atoms with van der Waals surface area (Å²) in [5.41, 5.74) is 3.43. The molecule has 1 aromatic carbocycles. The van der Waals surface area contributed by atoms with Crippen LogP contribution in [0.2, 0.25) is 0 Å². The van der Waals surface area contributed by atoms with Crippen LogP contribution in [0.25, 0.3) is 0 Å². The van der Waals surface area contributed by atoms with E-state index in [9.17, 15) is 4.79 Å². The topological polar surface area (TPSA) is 39.2 Å². The van der Waals surface area contributed by atoms with Gasteiger partial charge in [0.15, 0.2) is 0 Å². The summed E-state index contributed by atoms with van der Waals surface area (Å²) in [5, 5.41) is 0.920. The van der Waals surface area contributed by atoms with Crippen molar-refractivity contribution in [2.75, 3.05) is 7.11 Å². The second-order valence-electron chi connectivity index (χ2n) is 4.61. The number of aromatic nitrogens is 1. The number of hydrogen-bond donors (Lipinski definition) is 0. The zero-order chi connectivity index (χ0) is 14.2. The highest BCUT2D eigenvalue weighted by Crippen LogP contribution is 2.27. The van der Waals surface area contributed by atoms with Gasteiger partial charge in [-0.15, -0.1) is 11.3 Å². The molecule has 1 aromatic heterocycles. The van der Waals surface area contributed by atoms with Gasteiger partial charge in [0.1, 0.15) is 5.75 Å². The summed E-state index contributed by atoms with van der Waals surface area (Å²) < 4.78 is 5.27. The minimum Gasteiger partial charge on any atom is -0.496 e. The average Bonchev–Trinajstić information content (AvgIpc) is 2.70. The van der Waals surface area contributed by atoms with Crippen LogP contribution in [0.1, 0.15) is 37.1 Å². The van der Waals surface area contributed by atoms with Crippen molar-refractivity contribution in [3.8, 4) is 5.75 Å².